The number of aliphatic imine (C=N–C) groups is 1. The highest BCUT2D eigenvalue weighted by Crippen LogP contribution is 2.28. The molecular formula is C24H28N4O3S. The summed E-state index contributed by atoms with van der Waals surface area (Å²) in [6.45, 7) is 9.07. The van der Waals surface area contributed by atoms with Gasteiger partial charge in [0.05, 0.1) is 11.4 Å². The zero-order valence-corrected chi connectivity index (χ0v) is 19.8. The van der Waals surface area contributed by atoms with E-state index in [-0.39, 0.29) is 12.5 Å². The number of carbonyl (C=O) groups is 2. The standard InChI is InChI=1S/C24H28N4O3S/c1-15-9-19(10-16(2)26-15)17-7-6-8-18(11-17)20-13-32-14-21(27-20)28-22(29)12-25-23(30)31-24(3,4)5/h6-11,13H,12,14H2,1-5H3,(H,25,30)(H,27,28,29). The normalized spacial score (nSPS) is 13.7. The molecule has 0 aliphatic carbocycles. The summed E-state index contributed by atoms with van der Waals surface area (Å²) in [5, 5.41) is 7.20. The van der Waals surface area contributed by atoms with E-state index < -0.39 is 11.7 Å². The lowest BCUT2D eigenvalue weighted by molar-refractivity contribution is -0.118. The van der Waals surface area contributed by atoms with Gasteiger partial charge in [-0.25, -0.2) is 9.79 Å². The van der Waals surface area contributed by atoms with Gasteiger partial charge in [0, 0.05) is 17.0 Å². The van der Waals surface area contributed by atoms with E-state index in [4.69, 9.17) is 4.74 Å². The summed E-state index contributed by atoms with van der Waals surface area (Å²) in [6, 6.07) is 12.2. The van der Waals surface area contributed by atoms with Gasteiger partial charge in [-0.15, -0.1) is 11.8 Å². The number of hydrogen-bond donors (Lipinski definition) is 2. The molecule has 1 aliphatic rings. The lowest BCUT2D eigenvalue weighted by Gasteiger charge is -2.19. The number of alkyl carbamates (subject to hydrolysis) is 1. The number of hydrogen-bond acceptors (Lipinski definition) is 6. The molecule has 1 aliphatic heterocycles. The largest absolute Gasteiger partial charge is 0.444 e. The number of amides is 2. The summed E-state index contributed by atoms with van der Waals surface area (Å²) in [5.41, 5.74) is 5.25. The van der Waals surface area contributed by atoms with Gasteiger partial charge in [0.1, 0.15) is 18.0 Å². The fourth-order valence-corrected chi connectivity index (χ4v) is 3.86. The second-order valence-corrected chi connectivity index (χ2v) is 9.35. The molecule has 2 N–H and O–H groups in total. The first kappa shape index (κ1) is 23.5. The molecule has 0 spiro atoms. The molecule has 1 aromatic carbocycles. The first-order chi connectivity index (χ1) is 15.1. The third kappa shape index (κ3) is 6.95. The second kappa shape index (κ2) is 9.99. The number of benzene rings is 1. The minimum absolute atomic E-state index is 0.187. The monoisotopic (exact) mass is 452 g/mol. The number of thioether (sulfide) groups is 1. The fraction of sp³-hybridized carbons (Fsp3) is 0.333. The molecule has 0 bridgehead atoms. The zero-order valence-electron chi connectivity index (χ0n) is 19.0. The summed E-state index contributed by atoms with van der Waals surface area (Å²) < 4.78 is 5.14. The van der Waals surface area contributed by atoms with Crippen molar-refractivity contribution in [1.82, 2.24) is 15.6 Å². The van der Waals surface area contributed by atoms with Crippen molar-refractivity contribution in [2.24, 2.45) is 4.99 Å². The van der Waals surface area contributed by atoms with Gasteiger partial charge in [-0.3, -0.25) is 9.78 Å². The summed E-state index contributed by atoms with van der Waals surface area (Å²) in [6.07, 6.45) is -0.633. The van der Waals surface area contributed by atoms with Crippen molar-refractivity contribution in [3.05, 3.63) is 58.8 Å². The van der Waals surface area contributed by atoms with Gasteiger partial charge < -0.3 is 15.4 Å². The van der Waals surface area contributed by atoms with Crippen molar-refractivity contribution in [1.29, 1.82) is 0 Å². The third-order valence-corrected chi connectivity index (χ3v) is 5.15. The highest BCUT2D eigenvalue weighted by molar-refractivity contribution is 8.03. The maximum Gasteiger partial charge on any atom is 0.408 e. The van der Waals surface area contributed by atoms with Crippen LogP contribution in [-0.2, 0) is 9.53 Å². The molecular weight excluding hydrogens is 424 g/mol. The Bertz CT molecular complexity index is 1070. The SMILES string of the molecule is Cc1cc(-c2cccc(C3=CSCC(NC(=O)CNC(=O)OC(C)(C)C)=N3)c2)cc(C)n1. The molecule has 0 fully saturated rings. The smallest absolute Gasteiger partial charge is 0.408 e. The highest BCUT2D eigenvalue weighted by atomic mass is 32.2. The Morgan fingerprint density at radius 3 is 2.44 bits per heavy atom. The van der Waals surface area contributed by atoms with E-state index in [0.29, 0.717) is 11.6 Å². The van der Waals surface area contributed by atoms with E-state index in [2.05, 4.69) is 44.9 Å². The third-order valence-electron chi connectivity index (χ3n) is 4.32. The van der Waals surface area contributed by atoms with Crippen LogP contribution in [0.4, 0.5) is 4.79 Å². The molecule has 8 heteroatoms. The van der Waals surface area contributed by atoms with Gasteiger partial charge in [-0.05, 0) is 69.4 Å². The van der Waals surface area contributed by atoms with Crippen molar-refractivity contribution in [3.63, 3.8) is 0 Å². The number of nitrogens with one attached hydrogen (secondary N) is 2. The zero-order chi connectivity index (χ0) is 23.3. The van der Waals surface area contributed by atoms with E-state index in [9.17, 15) is 9.59 Å². The molecule has 32 heavy (non-hydrogen) atoms. The lowest BCUT2D eigenvalue weighted by atomic mass is 10.0. The van der Waals surface area contributed by atoms with Crippen LogP contribution in [0.15, 0.2) is 46.8 Å². The fourth-order valence-electron chi connectivity index (χ4n) is 3.13. The van der Waals surface area contributed by atoms with Crippen LogP contribution in [0.5, 0.6) is 0 Å². The molecule has 2 aromatic rings. The summed E-state index contributed by atoms with van der Waals surface area (Å²) >= 11 is 1.56. The minimum atomic E-state index is -0.633. The molecule has 0 radical (unpaired) electrons. The number of aromatic nitrogens is 1. The maximum absolute atomic E-state index is 12.2. The van der Waals surface area contributed by atoms with Crippen molar-refractivity contribution < 1.29 is 14.3 Å². The number of nitrogens with zero attached hydrogens (tertiary/aromatic N) is 2. The first-order valence-electron chi connectivity index (χ1n) is 10.3. The Morgan fingerprint density at radius 1 is 1.06 bits per heavy atom. The van der Waals surface area contributed by atoms with E-state index in [1.54, 1.807) is 32.5 Å². The molecule has 2 amide bonds. The van der Waals surface area contributed by atoms with Crippen molar-refractivity contribution in [2.75, 3.05) is 12.3 Å². The van der Waals surface area contributed by atoms with Gasteiger partial charge in [0.25, 0.3) is 0 Å². The number of carbonyl (C=O) groups excluding carboxylic acids is 2. The first-order valence-corrected chi connectivity index (χ1v) is 11.4. The topological polar surface area (TPSA) is 92.7 Å². The number of pyridine rings is 1. The van der Waals surface area contributed by atoms with Crippen molar-refractivity contribution in [2.45, 2.75) is 40.2 Å². The molecule has 7 nitrogen and oxygen atoms in total. The van der Waals surface area contributed by atoms with Gasteiger partial charge in [0.2, 0.25) is 5.91 Å². The number of amidine groups is 1. The summed E-state index contributed by atoms with van der Waals surface area (Å²) in [7, 11) is 0. The van der Waals surface area contributed by atoms with Crippen LogP contribution in [0.1, 0.15) is 37.7 Å². The van der Waals surface area contributed by atoms with E-state index in [1.807, 2.05) is 31.4 Å². The molecule has 0 atom stereocenters. The van der Waals surface area contributed by atoms with E-state index >= 15 is 0 Å². The highest BCUT2D eigenvalue weighted by Gasteiger charge is 2.18. The second-order valence-electron chi connectivity index (χ2n) is 8.50. The van der Waals surface area contributed by atoms with Gasteiger partial charge in [0.15, 0.2) is 0 Å². The average Bonchev–Trinajstić information content (AvgIpc) is 2.71. The molecule has 168 valence electrons. The average molecular weight is 453 g/mol. The Labute approximate surface area is 192 Å². The Hall–Kier alpha value is -3.13. The maximum atomic E-state index is 12.2. The summed E-state index contributed by atoms with van der Waals surface area (Å²) in [5.74, 6) is 0.738. The Kier molecular flexibility index (Phi) is 7.35. The van der Waals surface area contributed by atoms with Crippen LogP contribution < -0.4 is 10.6 Å². The minimum Gasteiger partial charge on any atom is -0.444 e. The lowest BCUT2D eigenvalue weighted by Crippen LogP contribution is -2.42. The van der Waals surface area contributed by atoms with Crippen molar-refractivity contribution in [3.8, 4) is 11.1 Å². The predicted octanol–water partition coefficient (Wildman–Crippen LogP) is 4.45. The number of rotatable bonds is 4. The van der Waals surface area contributed by atoms with Gasteiger partial charge in [-0.2, -0.15) is 0 Å². The molecule has 3 rings (SSSR count). The quantitative estimate of drug-likeness (QED) is 0.715. The van der Waals surface area contributed by atoms with Crippen LogP contribution in [0, 0.1) is 13.8 Å². The molecule has 0 saturated heterocycles. The van der Waals surface area contributed by atoms with Crippen LogP contribution in [0.25, 0.3) is 16.8 Å². The summed E-state index contributed by atoms with van der Waals surface area (Å²) in [4.78, 5) is 33.0. The molecule has 1 aromatic heterocycles. The van der Waals surface area contributed by atoms with Gasteiger partial charge in [-0.1, -0.05) is 18.2 Å². The van der Waals surface area contributed by atoms with Crippen LogP contribution in [0.2, 0.25) is 0 Å². The van der Waals surface area contributed by atoms with Crippen LogP contribution >= 0.6 is 11.8 Å². The van der Waals surface area contributed by atoms with Crippen molar-refractivity contribution >= 4 is 35.3 Å². The number of ether oxygens (including phenoxy) is 1. The van der Waals surface area contributed by atoms with Crippen LogP contribution in [0.3, 0.4) is 0 Å². The predicted molar refractivity (Wildman–Crippen MR) is 129 cm³/mol. The van der Waals surface area contributed by atoms with E-state index in [0.717, 1.165) is 33.8 Å². The van der Waals surface area contributed by atoms with Crippen LogP contribution in [-0.4, -0.2) is 40.7 Å². The molecule has 0 unspecified atom stereocenters. The Balaban J connectivity index is 1.67. The molecule has 0 saturated carbocycles. The van der Waals surface area contributed by atoms with Gasteiger partial charge >= 0.3 is 6.09 Å². The Morgan fingerprint density at radius 2 is 1.75 bits per heavy atom. The number of aryl methyl sites for hydroxylation is 2. The van der Waals surface area contributed by atoms with E-state index in [1.165, 1.54) is 0 Å². The molecule has 2 heterocycles.